The fourth-order valence-electron chi connectivity index (χ4n) is 1.73. The fraction of sp³-hybridized carbons (Fsp3) is 0.214. The number of aromatic amines is 1. The average Bonchev–Trinajstić information content (AvgIpc) is 2.39. The highest BCUT2D eigenvalue weighted by Crippen LogP contribution is 2.12. The van der Waals surface area contributed by atoms with Crippen LogP contribution in [0.25, 0.3) is 10.8 Å². The van der Waals surface area contributed by atoms with Gasteiger partial charge in [-0.1, -0.05) is 24.3 Å². The Morgan fingerprint density at radius 2 is 2.22 bits per heavy atom. The van der Waals surface area contributed by atoms with Crippen LogP contribution in [0.4, 0.5) is 5.82 Å². The maximum Gasteiger partial charge on any atom is 0.257 e. The second-order valence-corrected chi connectivity index (χ2v) is 5.04. The van der Waals surface area contributed by atoms with Gasteiger partial charge in [-0.15, -0.1) is 6.58 Å². The number of hydrogen-bond acceptors (Lipinski definition) is 3. The van der Waals surface area contributed by atoms with Crippen LogP contribution in [0.3, 0.4) is 0 Å². The van der Waals surface area contributed by atoms with E-state index in [1.54, 1.807) is 0 Å². The van der Waals surface area contributed by atoms with Crippen LogP contribution >= 0.6 is 11.8 Å². The first-order valence-electron chi connectivity index (χ1n) is 5.86. The summed E-state index contributed by atoms with van der Waals surface area (Å²) in [5.41, 5.74) is -0.0469. The van der Waals surface area contributed by atoms with Crippen LogP contribution < -0.4 is 10.9 Å². The highest BCUT2D eigenvalue weighted by molar-refractivity contribution is 7.99. The Morgan fingerprint density at radius 3 is 3.06 bits per heavy atom. The number of aromatic nitrogens is 1. The van der Waals surface area contributed by atoms with E-state index < -0.39 is 0 Å². The molecule has 0 amide bonds. The molecule has 94 valence electrons. The molecule has 3 nitrogen and oxygen atoms in total. The third-order valence-corrected chi connectivity index (χ3v) is 3.52. The predicted molar refractivity (Wildman–Crippen MR) is 80.6 cm³/mol. The number of benzene rings is 1. The molecule has 2 aromatic rings. The monoisotopic (exact) mass is 260 g/mol. The first-order chi connectivity index (χ1) is 8.81. The van der Waals surface area contributed by atoms with E-state index in [2.05, 4.69) is 16.9 Å². The number of hydrogen-bond donors (Lipinski definition) is 2. The summed E-state index contributed by atoms with van der Waals surface area (Å²) < 4.78 is 0. The summed E-state index contributed by atoms with van der Waals surface area (Å²) >= 11 is 1.81. The molecule has 18 heavy (non-hydrogen) atoms. The van der Waals surface area contributed by atoms with E-state index in [9.17, 15) is 4.79 Å². The highest BCUT2D eigenvalue weighted by atomic mass is 32.2. The van der Waals surface area contributed by atoms with Gasteiger partial charge < -0.3 is 10.3 Å². The molecule has 1 aromatic heterocycles. The molecule has 0 aliphatic rings. The molecule has 0 radical (unpaired) electrons. The quantitative estimate of drug-likeness (QED) is 0.620. The molecule has 0 unspecified atom stereocenters. The van der Waals surface area contributed by atoms with Gasteiger partial charge in [0.25, 0.3) is 5.56 Å². The van der Waals surface area contributed by atoms with Crippen molar-refractivity contribution in [3.8, 4) is 0 Å². The van der Waals surface area contributed by atoms with Gasteiger partial charge in [-0.2, -0.15) is 11.8 Å². The Hall–Kier alpha value is -1.68. The lowest BCUT2D eigenvalue weighted by molar-refractivity contribution is 1.16. The lowest BCUT2D eigenvalue weighted by atomic mass is 10.2. The third-order valence-electron chi connectivity index (χ3n) is 2.55. The molecular weight excluding hydrogens is 244 g/mol. The molecule has 0 spiro atoms. The summed E-state index contributed by atoms with van der Waals surface area (Å²) in [5, 5.41) is 4.91. The van der Waals surface area contributed by atoms with Crippen LogP contribution in [0.2, 0.25) is 0 Å². The second kappa shape index (κ2) is 6.31. The van der Waals surface area contributed by atoms with E-state index in [1.165, 1.54) is 0 Å². The van der Waals surface area contributed by atoms with Gasteiger partial charge in [0.15, 0.2) is 0 Å². The minimum atomic E-state index is -0.0469. The Labute approximate surface area is 110 Å². The Morgan fingerprint density at radius 1 is 1.39 bits per heavy atom. The van der Waals surface area contributed by atoms with Gasteiger partial charge in [0.05, 0.1) is 0 Å². The maximum absolute atomic E-state index is 11.8. The summed E-state index contributed by atoms with van der Waals surface area (Å²) in [4.78, 5) is 14.7. The zero-order valence-electron chi connectivity index (χ0n) is 10.1. The number of fused-ring (bicyclic) bond motifs is 1. The van der Waals surface area contributed by atoms with E-state index in [0.29, 0.717) is 0 Å². The number of pyridine rings is 1. The van der Waals surface area contributed by atoms with Crippen LogP contribution in [0.1, 0.15) is 0 Å². The normalized spacial score (nSPS) is 10.4. The van der Waals surface area contributed by atoms with Gasteiger partial charge in [0.1, 0.15) is 5.82 Å². The molecular formula is C14H16N2OS. The number of nitrogens with one attached hydrogen (secondary N) is 2. The van der Waals surface area contributed by atoms with Gasteiger partial charge in [-0.05, 0) is 17.5 Å². The summed E-state index contributed by atoms with van der Waals surface area (Å²) in [6.07, 6.45) is 1.89. The van der Waals surface area contributed by atoms with Crippen molar-refractivity contribution in [1.29, 1.82) is 0 Å². The summed E-state index contributed by atoms with van der Waals surface area (Å²) in [6.45, 7) is 4.50. The minimum Gasteiger partial charge on any atom is -0.371 e. The topological polar surface area (TPSA) is 44.9 Å². The van der Waals surface area contributed by atoms with Gasteiger partial charge in [-0.3, -0.25) is 4.79 Å². The summed E-state index contributed by atoms with van der Waals surface area (Å²) in [7, 11) is 0. The molecule has 0 saturated carbocycles. The van der Waals surface area contributed by atoms with Crippen molar-refractivity contribution in [3.63, 3.8) is 0 Å². The molecule has 2 rings (SSSR count). The Kier molecular flexibility index (Phi) is 4.47. The van der Waals surface area contributed by atoms with Crippen molar-refractivity contribution in [3.05, 3.63) is 53.3 Å². The van der Waals surface area contributed by atoms with Crippen LogP contribution in [-0.4, -0.2) is 23.0 Å². The molecule has 0 aliphatic heterocycles. The van der Waals surface area contributed by atoms with Crippen LogP contribution in [0, 0.1) is 0 Å². The van der Waals surface area contributed by atoms with E-state index >= 15 is 0 Å². The second-order valence-electron chi connectivity index (χ2n) is 3.89. The molecule has 0 fully saturated rings. The van der Waals surface area contributed by atoms with Crippen molar-refractivity contribution in [2.24, 2.45) is 0 Å². The third kappa shape index (κ3) is 3.17. The Balaban J connectivity index is 2.05. The molecule has 0 saturated heterocycles. The van der Waals surface area contributed by atoms with Gasteiger partial charge in [-0.25, -0.2) is 0 Å². The zero-order valence-corrected chi connectivity index (χ0v) is 10.9. The SMILES string of the molecule is C=CCSCCNc1cc2ccccc2c(=O)[nH]1. The lowest BCUT2D eigenvalue weighted by Crippen LogP contribution is -2.12. The van der Waals surface area contributed by atoms with Gasteiger partial charge >= 0.3 is 0 Å². The van der Waals surface area contributed by atoms with Crippen molar-refractivity contribution in [2.75, 3.05) is 23.4 Å². The van der Waals surface area contributed by atoms with Crippen molar-refractivity contribution >= 4 is 28.4 Å². The van der Waals surface area contributed by atoms with Gasteiger partial charge in [0.2, 0.25) is 0 Å². The van der Waals surface area contributed by atoms with E-state index in [0.717, 1.165) is 34.6 Å². The highest BCUT2D eigenvalue weighted by Gasteiger charge is 2.00. The first kappa shape index (κ1) is 12.8. The molecule has 2 N–H and O–H groups in total. The largest absolute Gasteiger partial charge is 0.371 e. The molecule has 0 aliphatic carbocycles. The number of thioether (sulfide) groups is 1. The molecule has 1 aromatic carbocycles. The zero-order chi connectivity index (χ0) is 12.8. The van der Waals surface area contributed by atoms with Crippen molar-refractivity contribution in [2.45, 2.75) is 0 Å². The van der Waals surface area contributed by atoms with Crippen LogP contribution in [-0.2, 0) is 0 Å². The Bertz CT molecular complexity index is 592. The van der Waals surface area contributed by atoms with Crippen molar-refractivity contribution < 1.29 is 0 Å². The van der Waals surface area contributed by atoms with Crippen molar-refractivity contribution in [1.82, 2.24) is 4.98 Å². The van der Waals surface area contributed by atoms with Gasteiger partial charge in [0, 0.05) is 23.4 Å². The van der Waals surface area contributed by atoms with E-state index in [-0.39, 0.29) is 5.56 Å². The lowest BCUT2D eigenvalue weighted by Gasteiger charge is -2.06. The van der Waals surface area contributed by atoms with Crippen LogP contribution in [0.15, 0.2) is 47.8 Å². The standard InChI is InChI=1S/C14H16N2OS/c1-2-8-18-9-7-15-13-10-11-5-3-4-6-12(11)14(17)16-13/h2-6,10H,1,7-9H2,(H2,15,16,17). The fourth-order valence-corrected chi connectivity index (χ4v) is 2.31. The smallest absolute Gasteiger partial charge is 0.257 e. The predicted octanol–water partition coefficient (Wildman–Crippen LogP) is 2.86. The molecule has 0 atom stereocenters. The first-order valence-corrected chi connectivity index (χ1v) is 7.01. The molecule has 4 heteroatoms. The number of rotatable bonds is 6. The average molecular weight is 260 g/mol. The summed E-state index contributed by atoms with van der Waals surface area (Å²) in [6, 6.07) is 9.55. The summed E-state index contributed by atoms with van der Waals surface area (Å²) in [5.74, 6) is 2.72. The van der Waals surface area contributed by atoms with E-state index in [1.807, 2.05) is 48.2 Å². The minimum absolute atomic E-state index is 0.0469. The molecule has 0 bridgehead atoms. The number of anilines is 1. The van der Waals surface area contributed by atoms with Crippen LogP contribution in [0.5, 0.6) is 0 Å². The number of H-pyrrole nitrogens is 1. The molecule has 1 heterocycles. The van der Waals surface area contributed by atoms with E-state index in [4.69, 9.17) is 0 Å². The maximum atomic E-state index is 11.8.